The largest absolute Gasteiger partial charge is 0.497 e. The van der Waals surface area contributed by atoms with Crippen LogP contribution < -0.4 is 10.1 Å². The van der Waals surface area contributed by atoms with E-state index in [4.69, 9.17) is 4.74 Å². The van der Waals surface area contributed by atoms with E-state index >= 15 is 0 Å². The van der Waals surface area contributed by atoms with Gasteiger partial charge in [0.2, 0.25) is 5.91 Å². The van der Waals surface area contributed by atoms with Crippen molar-refractivity contribution < 1.29 is 19.1 Å². The van der Waals surface area contributed by atoms with E-state index in [1.165, 1.54) is 0 Å². The van der Waals surface area contributed by atoms with Crippen molar-refractivity contribution in [1.29, 1.82) is 0 Å². The quantitative estimate of drug-likeness (QED) is 0.754. The smallest absolute Gasteiger partial charge is 0.253 e. The Morgan fingerprint density at radius 3 is 2.06 bits per heavy atom. The Morgan fingerprint density at radius 1 is 0.906 bits per heavy atom. The van der Waals surface area contributed by atoms with E-state index in [0.717, 1.165) is 5.56 Å². The summed E-state index contributed by atoms with van der Waals surface area (Å²) < 4.78 is 5.14. The zero-order valence-corrected chi connectivity index (χ0v) is 19.1. The highest BCUT2D eigenvalue weighted by molar-refractivity contribution is 5.99. The van der Waals surface area contributed by atoms with Crippen LogP contribution in [0, 0.1) is 12.8 Å². The first-order valence-electron chi connectivity index (χ1n) is 10.9. The fourth-order valence-corrected chi connectivity index (χ4v) is 3.80. The van der Waals surface area contributed by atoms with E-state index in [0.29, 0.717) is 43.1 Å². The number of rotatable bonds is 6. The normalized spacial score (nSPS) is 14.8. The van der Waals surface area contributed by atoms with Crippen LogP contribution in [0.15, 0.2) is 48.5 Å². The SMILES string of the molecule is COc1ccc(C(=O)N2CCN(C(=O)C(NC(=O)c3ccccc3C)C(C)C)CC2)cc1. The molecule has 7 heteroatoms. The Bertz CT molecular complexity index is 963. The zero-order chi connectivity index (χ0) is 23.3. The van der Waals surface area contributed by atoms with Gasteiger partial charge in [-0.25, -0.2) is 0 Å². The first kappa shape index (κ1) is 23.3. The van der Waals surface area contributed by atoms with Gasteiger partial charge in [-0.2, -0.15) is 0 Å². The molecule has 1 aliphatic heterocycles. The van der Waals surface area contributed by atoms with E-state index in [2.05, 4.69) is 5.32 Å². The molecule has 2 aromatic carbocycles. The third-order valence-corrected chi connectivity index (χ3v) is 5.82. The van der Waals surface area contributed by atoms with Gasteiger partial charge in [-0.1, -0.05) is 32.0 Å². The molecule has 1 aliphatic rings. The van der Waals surface area contributed by atoms with Crippen molar-refractivity contribution >= 4 is 17.7 Å². The van der Waals surface area contributed by atoms with E-state index < -0.39 is 6.04 Å². The topological polar surface area (TPSA) is 79.0 Å². The molecule has 0 aliphatic carbocycles. The van der Waals surface area contributed by atoms with Crippen LogP contribution in [0.25, 0.3) is 0 Å². The third-order valence-electron chi connectivity index (χ3n) is 5.82. The highest BCUT2D eigenvalue weighted by Gasteiger charge is 2.32. The lowest BCUT2D eigenvalue weighted by atomic mass is 10.0. The van der Waals surface area contributed by atoms with Gasteiger partial charge in [0.25, 0.3) is 11.8 Å². The lowest BCUT2D eigenvalue weighted by Crippen LogP contribution is -2.57. The summed E-state index contributed by atoms with van der Waals surface area (Å²) in [6.45, 7) is 7.49. The second kappa shape index (κ2) is 10.3. The van der Waals surface area contributed by atoms with Gasteiger partial charge in [-0.15, -0.1) is 0 Å². The Hall–Kier alpha value is -3.35. The lowest BCUT2D eigenvalue weighted by molar-refractivity contribution is -0.135. The number of hydrogen-bond acceptors (Lipinski definition) is 4. The van der Waals surface area contributed by atoms with Crippen molar-refractivity contribution in [2.75, 3.05) is 33.3 Å². The molecule has 170 valence electrons. The van der Waals surface area contributed by atoms with Crippen LogP contribution in [-0.2, 0) is 4.79 Å². The number of piperazine rings is 1. The summed E-state index contributed by atoms with van der Waals surface area (Å²) in [5.74, 6) is 0.217. The molecule has 0 spiro atoms. The Morgan fingerprint density at radius 2 is 1.50 bits per heavy atom. The number of carbonyl (C=O) groups is 3. The fraction of sp³-hybridized carbons (Fsp3) is 0.400. The fourth-order valence-electron chi connectivity index (χ4n) is 3.80. The van der Waals surface area contributed by atoms with Crippen molar-refractivity contribution in [1.82, 2.24) is 15.1 Å². The molecule has 0 aromatic heterocycles. The maximum atomic E-state index is 13.2. The van der Waals surface area contributed by atoms with Crippen LogP contribution in [0.5, 0.6) is 5.75 Å². The highest BCUT2D eigenvalue weighted by Crippen LogP contribution is 2.16. The summed E-state index contributed by atoms with van der Waals surface area (Å²) in [5, 5.41) is 2.92. The molecule has 1 saturated heterocycles. The Labute approximate surface area is 189 Å². The molecule has 0 radical (unpaired) electrons. The number of methoxy groups -OCH3 is 1. The van der Waals surface area contributed by atoms with Crippen molar-refractivity contribution in [2.24, 2.45) is 5.92 Å². The predicted molar refractivity (Wildman–Crippen MR) is 123 cm³/mol. The Kier molecular flexibility index (Phi) is 7.51. The summed E-state index contributed by atoms with van der Waals surface area (Å²) in [7, 11) is 1.58. The number of carbonyl (C=O) groups excluding carboxylic acids is 3. The summed E-state index contributed by atoms with van der Waals surface area (Å²) in [4.78, 5) is 42.2. The van der Waals surface area contributed by atoms with E-state index in [1.807, 2.05) is 39.0 Å². The van der Waals surface area contributed by atoms with Crippen LogP contribution in [0.3, 0.4) is 0 Å². The summed E-state index contributed by atoms with van der Waals surface area (Å²) in [5.41, 5.74) is 2.03. The first-order chi connectivity index (χ1) is 15.3. The number of ether oxygens (including phenoxy) is 1. The number of nitrogens with zero attached hydrogens (tertiary/aromatic N) is 2. The molecule has 1 heterocycles. The van der Waals surface area contributed by atoms with E-state index in [1.54, 1.807) is 47.2 Å². The standard InChI is InChI=1S/C25H31N3O4/c1-17(2)22(26-23(29)21-8-6-5-7-18(21)3)25(31)28-15-13-27(14-16-28)24(30)19-9-11-20(32-4)12-10-19/h5-12,17,22H,13-16H2,1-4H3,(H,26,29). The number of benzene rings is 2. The zero-order valence-electron chi connectivity index (χ0n) is 19.1. The van der Waals surface area contributed by atoms with Crippen LogP contribution >= 0.6 is 0 Å². The van der Waals surface area contributed by atoms with Crippen molar-refractivity contribution in [3.63, 3.8) is 0 Å². The van der Waals surface area contributed by atoms with Crippen LogP contribution in [0.2, 0.25) is 0 Å². The molecule has 0 saturated carbocycles. The average Bonchev–Trinajstić information content (AvgIpc) is 2.81. The molecule has 3 amide bonds. The number of amides is 3. The van der Waals surface area contributed by atoms with Crippen molar-refractivity contribution in [3.8, 4) is 5.75 Å². The molecule has 3 rings (SSSR count). The van der Waals surface area contributed by atoms with Crippen molar-refractivity contribution in [3.05, 3.63) is 65.2 Å². The first-order valence-corrected chi connectivity index (χ1v) is 10.9. The molecule has 1 unspecified atom stereocenters. The minimum Gasteiger partial charge on any atom is -0.497 e. The van der Waals surface area contributed by atoms with Gasteiger partial charge < -0.3 is 19.9 Å². The van der Waals surface area contributed by atoms with Crippen LogP contribution in [0.4, 0.5) is 0 Å². The van der Waals surface area contributed by atoms with Crippen LogP contribution in [0.1, 0.15) is 40.1 Å². The van der Waals surface area contributed by atoms with Crippen LogP contribution in [-0.4, -0.2) is 66.9 Å². The maximum absolute atomic E-state index is 13.2. The third kappa shape index (κ3) is 5.28. The van der Waals surface area contributed by atoms with Gasteiger partial charge in [-0.3, -0.25) is 14.4 Å². The average molecular weight is 438 g/mol. The second-order valence-electron chi connectivity index (χ2n) is 8.36. The molecule has 1 fully saturated rings. The molecular formula is C25H31N3O4. The predicted octanol–water partition coefficient (Wildman–Crippen LogP) is 2.74. The molecule has 0 bridgehead atoms. The molecular weight excluding hydrogens is 406 g/mol. The number of nitrogens with one attached hydrogen (secondary N) is 1. The van der Waals surface area contributed by atoms with Gasteiger partial charge in [-0.05, 0) is 48.7 Å². The summed E-state index contributed by atoms with van der Waals surface area (Å²) in [6, 6.07) is 13.7. The van der Waals surface area contributed by atoms with Crippen molar-refractivity contribution in [2.45, 2.75) is 26.8 Å². The monoisotopic (exact) mass is 437 g/mol. The molecule has 1 N–H and O–H groups in total. The lowest BCUT2D eigenvalue weighted by Gasteiger charge is -2.37. The molecule has 32 heavy (non-hydrogen) atoms. The Balaban J connectivity index is 1.61. The van der Waals surface area contributed by atoms with Gasteiger partial charge >= 0.3 is 0 Å². The van der Waals surface area contributed by atoms with Gasteiger partial charge in [0.15, 0.2) is 0 Å². The summed E-state index contributed by atoms with van der Waals surface area (Å²) in [6.07, 6.45) is 0. The van der Waals surface area contributed by atoms with E-state index in [9.17, 15) is 14.4 Å². The van der Waals surface area contributed by atoms with Gasteiger partial charge in [0.1, 0.15) is 11.8 Å². The van der Waals surface area contributed by atoms with Gasteiger partial charge in [0.05, 0.1) is 7.11 Å². The molecule has 7 nitrogen and oxygen atoms in total. The highest BCUT2D eigenvalue weighted by atomic mass is 16.5. The van der Waals surface area contributed by atoms with E-state index in [-0.39, 0.29) is 23.6 Å². The maximum Gasteiger partial charge on any atom is 0.253 e. The second-order valence-corrected chi connectivity index (χ2v) is 8.36. The molecule has 1 atom stereocenters. The number of aryl methyl sites for hydroxylation is 1. The van der Waals surface area contributed by atoms with Gasteiger partial charge in [0, 0.05) is 37.3 Å². The minimum atomic E-state index is -0.619. The molecule has 2 aromatic rings. The number of hydrogen-bond donors (Lipinski definition) is 1. The summed E-state index contributed by atoms with van der Waals surface area (Å²) >= 11 is 0. The minimum absolute atomic E-state index is 0.0607.